The van der Waals surface area contributed by atoms with Crippen LogP contribution < -0.4 is 9.47 Å². The lowest BCUT2D eigenvalue weighted by atomic mass is 9.85. The fourth-order valence-electron chi connectivity index (χ4n) is 2.09. The second-order valence-corrected chi connectivity index (χ2v) is 4.19. The number of methoxy groups -OCH3 is 1. The number of rotatable bonds is 3. The van der Waals surface area contributed by atoms with Gasteiger partial charge in [0.25, 0.3) is 0 Å². The van der Waals surface area contributed by atoms with Crippen molar-refractivity contribution in [3.63, 3.8) is 0 Å². The van der Waals surface area contributed by atoms with Gasteiger partial charge < -0.3 is 19.7 Å². The van der Waals surface area contributed by atoms with Crippen molar-refractivity contribution in [1.29, 1.82) is 0 Å². The van der Waals surface area contributed by atoms with E-state index in [9.17, 15) is 19.8 Å². The Bertz CT molecular complexity index is 523. The summed E-state index contributed by atoms with van der Waals surface area (Å²) in [6.07, 6.45) is 0. The van der Waals surface area contributed by atoms with Crippen LogP contribution in [0.2, 0.25) is 0 Å². The van der Waals surface area contributed by atoms with E-state index in [1.807, 2.05) is 0 Å². The van der Waals surface area contributed by atoms with Crippen molar-refractivity contribution in [3.8, 4) is 11.5 Å². The maximum Gasteiger partial charge on any atom is 0.349 e. The number of carboxylic acid groups (broad SMARTS) is 2. The molecule has 1 aromatic carbocycles. The van der Waals surface area contributed by atoms with E-state index in [2.05, 4.69) is 0 Å². The maximum absolute atomic E-state index is 11.3. The summed E-state index contributed by atoms with van der Waals surface area (Å²) in [6, 6.07) is 4.59. The molecular weight excluding hydrogens is 240 g/mol. The molecule has 2 rings (SSSR count). The molecule has 6 heteroatoms. The third kappa shape index (κ3) is 1.57. The lowest BCUT2D eigenvalue weighted by Crippen LogP contribution is -2.46. The Kier molecular flexibility index (Phi) is 2.65. The van der Waals surface area contributed by atoms with Gasteiger partial charge in [-0.15, -0.1) is 0 Å². The molecule has 2 N–H and O–H groups in total. The second kappa shape index (κ2) is 3.90. The first kappa shape index (κ1) is 12.2. The van der Waals surface area contributed by atoms with Crippen molar-refractivity contribution in [2.24, 2.45) is 0 Å². The molecule has 1 aliphatic heterocycles. The van der Waals surface area contributed by atoms with Gasteiger partial charge in [-0.3, -0.25) is 4.79 Å². The Morgan fingerprint density at radius 1 is 1.39 bits per heavy atom. The summed E-state index contributed by atoms with van der Waals surface area (Å²) in [5, 5.41) is 18.4. The highest BCUT2D eigenvalue weighted by atomic mass is 16.5. The Hall–Kier alpha value is -2.24. The fraction of sp³-hybridized carbons (Fsp3) is 0.333. The zero-order valence-corrected chi connectivity index (χ0v) is 9.84. The number of fused-ring (bicyclic) bond motifs is 1. The Balaban J connectivity index is 2.58. The minimum atomic E-state index is -1.81. The molecule has 96 valence electrons. The van der Waals surface area contributed by atoms with Gasteiger partial charge in [0.05, 0.1) is 7.11 Å². The predicted molar refractivity (Wildman–Crippen MR) is 60.0 cm³/mol. The van der Waals surface area contributed by atoms with Gasteiger partial charge in [-0.05, 0) is 25.1 Å². The zero-order valence-electron chi connectivity index (χ0n) is 9.84. The molecule has 1 heterocycles. The number of carbonyl (C=O) groups is 2. The number of aliphatic carboxylic acids is 2. The topological polar surface area (TPSA) is 93.1 Å². The number of carboxylic acids is 2. The highest BCUT2D eigenvalue weighted by molar-refractivity contribution is 5.92. The molecule has 2 atom stereocenters. The van der Waals surface area contributed by atoms with Crippen LogP contribution in [0.1, 0.15) is 18.4 Å². The van der Waals surface area contributed by atoms with Crippen molar-refractivity contribution in [3.05, 3.63) is 23.8 Å². The number of hydrogen-bond donors (Lipinski definition) is 2. The van der Waals surface area contributed by atoms with Crippen LogP contribution in [0, 0.1) is 0 Å². The smallest absolute Gasteiger partial charge is 0.349 e. The van der Waals surface area contributed by atoms with Crippen LogP contribution in [0.5, 0.6) is 11.5 Å². The van der Waals surface area contributed by atoms with Crippen LogP contribution in [0.15, 0.2) is 18.2 Å². The van der Waals surface area contributed by atoms with Gasteiger partial charge in [-0.2, -0.15) is 0 Å². The summed E-state index contributed by atoms with van der Waals surface area (Å²) in [5.74, 6) is -3.11. The first-order valence-corrected chi connectivity index (χ1v) is 5.23. The van der Waals surface area contributed by atoms with E-state index in [1.165, 1.54) is 26.2 Å². The molecule has 18 heavy (non-hydrogen) atoms. The molecule has 0 bridgehead atoms. The highest BCUT2D eigenvalue weighted by Crippen LogP contribution is 2.46. The molecule has 0 radical (unpaired) electrons. The van der Waals surface area contributed by atoms with E-state index in [1.54, 1.807) is 6.07 Å². The average molecular weight is 252 g/mol. The zero-order chi connectivity index (χ0) is 13.5. The first-order valence-electron chi connectivity index (χ1n) is 5.23. The molecule has 0 saturated carbocycles. The summed E-state index contributed by atoms with van der Waals surface area (Å²) < 4.78 is 10.3. The largest absolute Gasteiger partial charge is 0.497 e. The standard InChI is InChI=1S/C12H12O6/c1-12(11(15)16)9(10(13)14)7-5-6(17-2)3-4-8(7)18-12/h3-5,9H,1-2H3,(H,13,14)(H,15,16). The second-order valence-electron chi connectivity index (χ2n) is 4.19. The third-order valence-corrected chi connectivity index (χ3v) is 3.07. The van der Waals surface area contributed by atoms with Crippen molar-refractivity contribution >= 4 is 11.9 Å². The number of ether oxygens (including phenoxy) is 2. The van der Waals surface area contributed by atoms with Gasteiger partial charge in [0.15, 0.2) is 0 Å². The fourth-order valence-corrected chi connectivity index (χ4v) is 2.09. The average Bonchev–Trinajstić information content (AvgIpc) is 2.61. The van der Waals surface area contributed by atoms with Crippen molar-refractivity contribution in [2.75, 3.05) is 7.11 Å². The molecule has 0 saturated heterocycles. The lowest BCUT2D eigenvalue weighted by Gasteiger charge is -2.23. The van der Waals surface area contributed by atoms with Crippen LogP contribution in [0.3, 0.4) is 0 Å². The summed E-state index contributed by atoms with van der Waals surface area (Å²) >= 11 is 0. The predicted octanol–water partition coefficient (Wildman–Crippen LogP) is 1.10. The molecule has 0 spiro atoms. The van der Waals surface area contributed by atoms with Gasteiger partial charge in [0, 0.05) is 5.56 Å². The van der Waals surface area contributed by atoms with Gasteiger partial charge in [-0.25, -0.2) is 4.79 Å². The minimum Gasteiger partial charge on any atom is -0.497 e. The van der Waals surface area contributed by atoms with E-state index in [4.69, 9.17) is 9.47 Å². The van der Waals surface area contributed by atoms with Gasteiger partial charge in [0.1, 0.15) is 17.4 Å². The van der Waals surface area contributed by atoms with Crippen molar-refractivity contribution < 1.29 is 29.3 Å². The van der Waals surface area contributed by atoms with Gasteiger partial charge in [0.2, 0.25) is 5.60 Å². The maximum atomic E-state index is 11.3. The van der Waals surface area contributed by atoms with Crippen LogP contribution in [-0.4, -0.2) is 34.9 Å². The summed E-state index contributed by atoms with van der Waals surface area (Å²) in [6.45, 7) is 1.25. The first-order chi connectivity index (χ1) is 8.40. The van der Waals surface area contributed by atoms with Crippen LogP contribution in [0.4, 0.5) is 0 Å². The van der Waals surface area contributed by atoms with Gasteiger partial charge >= 0.3 is 11.9 Å². The summed E-state index contributed by atoms with van der Waals surface area (Å²) in [5.41, 5.74) is -1.49. The number of hydrogen-bond acceptors (Lipinski definition) is 4. The highest BCUT2D eigenvalue weighted by Gasteiger charge is 2.55. The van der Waals surface area contributed by atoms with Gasteiger partial charge in [-0.1, -0.05) is 0 Å². The van der Waals surface area contributed by atoms with E-state index < -0.39 is 23.5 Å². The summed E-state index contributed by atoms with van der Waals surface area (Å²) in [4.78, 5) is 22.5. The van der Waals surface area contributed by atoms with Crippen molar-refractivity contribution in [2.45, 2.75) is 18.4 Å². The molecule has 1 aromatic rings. The Morgan fingerprint density at radius 2 is 2.06 bits per heavy atom. The molecular formula is C12H12O6. The molecule has 0 aromatic heterocycles. The van der Waals surface area contributed by atoms with E-state index >= 15 is 0 Å². The van der Waals surface area contributed by atoms with E-state index in [0.717, 1.165) is 0 Å². The lowest BCUT2D eigenvalue weighted by molar-refractivity contribution is -0.160. The minimum absolute atomic E-state index is 0.258. The molecule has 1 aliphatic rings. The van der Waals surface area contributed by atoms with E-state index in [0.29, 0.717) is 11.3 Å². The van der Waals surface area contributed by atoms with E-state index in [-0.39, 0.29) is 5.75 Å². The normalized spacial score (nSPS) is 25.1. The Labute approximate surface area is 103 Å². The van der Waals surface area contributed by atoms with Crippen LogP contribution >= 0.6 is 0 Å². The third-order valence-electron chi connectivity index (χ3n) is 3.07. The molecule has 6 nitrogen and oxygen atoms in total. The van der Waals surface area contributed by atoms with Crippen LogP contribution in [-0.2, 0) is 9.59 Å². The number of benzene rings is 1. The van der Waals surface area contributed by atoms with Crippen molar-refractivity contribution in [1.82, 2.24) is 0 Å². The monoisotopic (exact) mass is 252 g/mol. The SMILES string of the molecule is COc1ccc2c(c1)C(C(=O)O)C(C)(C(=O)O)O2. The molecule has 2 unspecified atom stereocenters. The quantitative estimate of drug-likeness (QED) is 0.836. The molecule has 0 amide bonds. The molecule has 0 aliphatic carbocycles. The van der Waals surface area contributed by atoms with Crippen LogP contribution in [0.25, 0.3) is 0 Å². The summed E-state index contributed by atoms with van der Waals surface area (Å²) in [7, 11) is 1.45. The molecule has 0 fully saturated rings. The Morgan fingerprint density at radius 3 is 2.56 bits per heavy atom.